The third kappa shape index (κ3) is 2.99. The predicted molar refractivity (Wildman–Crippen MR) is 70.2 cm³/mol. The van der Waals surface area contributed by atoms with Crippen molar-refractivity contribution < 1.29 is 9.53 Å². The van der Waals surface area contributed by atoms with Crippen LogP contribution in [0, 0.1) is 0 Å². The summed E-state index contributed by atoms with van der Waals surface area (Å²) in [5.41, 5.74) is 9.14. The van der Waals surface area contributed by atoms with Gasteiger partial charge in [0, 0.05) is 5.69 Å². The fourth-order valence-corrected chi connectivity index (χ4v) is 1.82. The molecular weight excluding hydrogens is 214 g/mol. The molecule has 94 valence electrons. The van der Waals surface area contributed by atoms with E-state index in [2.05, 4.69) is 0 Å². The molecule has 0 spiro atoms. The van der Waals surface area contributed by atoms with E-state index in [1.807, 2.05) is 32.9 Å². The maximum Gasteiger partial charge on any atom is 0.340 e. The van der Waals surface area contributed by atoms with Crippen LogP contribution in [-0.4, -0.2) is 12.6 Å². The van der Waals surface area contributed by atoms with Gasteiger partial charge in [0.25, 0.3) is 0 Å². The van der Waals surface area contributed by atoms with E-state index < -0.39 is 0 Å². The first-order chi connectivity index (χ1) is 8.15. The van der Waals surface area contributed by atoms with E-state index in [1.54, 1.807) is 0 Å². The standard InChI is InChI=1S/C14H21NO2/c1-4-9-17-14(16)12-10(5-2)7-8-11(6-3)13(12)15/h7-8H,4-6,9,15H2,1-3H3. The summed E-state index contributed by atoms with van der Waals surface area (Å²) in [5.74, 6) is -0.295. The van der Waals surface area contributed by atoms with Crippen molar-refractivity contribution in [3.8, 4) is 0 Å². The Morgan fingerprint density at radius 2 is 1.76 bits per heavy atom. The van der Waals surface area contributed by atoms with Gasteiger partial charge in [0.15, 0.2) is 0 Å². The van der Waals surface area contributed by atoms with Crippen LogP contribution in [0.2, 0.25) is 0 Å². The van der Waals surface area contributed by atoms with Crippen LogP contribution in [-0.2, 0) is 17.6 Å². The SMILES string of the molecule is CCCOC(=O)c1c(CC)ccc(CC)c1N. The van der Waals surface area contributed by atoms with Crippen molar-refractivity contribution in [3.63, 3.8) is 0 Å². The van der Waals surface area contributed by atoms with Crippen LogP contribution in [0.15, 0.2) is 12.1 Å². The number of ether oxygens (including phenoxy) is 1. The van der Waals surface area contributed by atoms with Crippen LogP contribution in [0.25, 0.3) is 0 Å². The number of carbonyl (C=O) groups is 1. The minimum Gasteiger partial charge on any atom is -0.462 e. The fraction of sp³-hybridized carbons (Fsp3) is 0.500. The van der Waals surface area contributed by atoms with Gasteiger partial charge in [0.05, 0.1) is 12.2 Å². The Balaban J connectivity index is 3.13. The van der Waals surface area contributed by atoms with Crippen molar-refractivity contribution in [2.24, 2.45) is 0 Å². The van der Waals surface area contributed by atoms with Gasteiger partial charge in [-0.05, 0) is 30.4 Å². The summed E-state index contributed by atoms with van der Waals surface area (Å²) < 4.78 is 5.18. The van der Waals surface area contributed by atoms with E-state index in [0.717, 1.165) is 30.4 Å². The number of nitrogen functional groups attached to an aromatic ring is 1. The number of benzene rings is 1. The number of carbonyl (C=O) groups excluding carboxylic acids is 1. The zero-order valence-corrected chi connectivity index (χ0v) is 10.9. The van der Waals surface area contributed by atoms with Gasteiger partial charge < -0.3 is 10.5 Å². The first kappa shape index (κ1) is 13.6. The number of rotatable bonds is 5. The van der Waals surface area contributed by atoms with Crippen LogP contribution < -0.4 is 5.73 Å². The molecule has 0 bridgehead atoms. The molecule has 0 radical (unpaired) electrons. The molecule has 0 saturated carbocycles. The molecule has 0 fully saturated rings. The van der Waals surface area contributed by atoms with E-state index in [-0.39, 0.29) is 5.97 Å². The highest BCUT2D eigenvalue weighted by molar-refractivity contribution is 5.97. The molecule has 3 nitrogen and oxygen atoms in total. The maximum absolute atomic E-state index is 12.0. The predicted octanol–water partition coefficient (Wildman–Crippen LogP) is 2.96. The molecule has 0 aliphatic heterocycles. The summed E-state index contributed by atoms with van der Waals surface area (Å²) in [6.45, 7) is 6.45. The van der Waals surface area contributed by atoms with Crippen molar-refractivity contribution in [2.45, 2.75) is 40.0 Å². The Morgan fingerprint density at radius 3 is 2.29 bits per heavy atom. The maximum atomic E-state index is 12.0. The average molecular weight is 235 g/mol. The summed E-state index contributed by atoms with van der Waals surface area (Å²) in [4.78, 5) is 12.0. The molecule has 0 heterocycles. The summed E-state index contributed by atoms with van der Waals surface area (Å²) in [6, 6.07) is 3.96. The fourth-order valence-electron chi connectivity index (χ4n) is 1.82. The quantitative estimate of drug-likeness (QED) is 0.630. The van der Waals surface area contributed by atoms with E-state index in [0.29, 0.717) is 17.9 Å². The van der Waals surface area contributed by atoms with Crippen molar-refractivity contribution >= 4 is 11.7 Å². The van der Waals surface area contributed by atoms with E-state index in [9.17, 15) is 4.79 Å². The van der Waals surface area contributed by atoms with Gasteiger partial charge in [-0.25, -0.2) is 4.79 Å². The number of hydrogen-bond acceptors (Lipinski definition) is 3. The Bertz CT molecular complexity index is 399. The van der Waals surface area contributed by atoms with Gasteiger partial charge in [-0.2, -0.15) is 0 Å². The lowest BCUT2D eigenvalue weighted by molar-refractivity contribution is 0.0505. The number of hydrogen-bond donors (Lipinski definition) is 1. The van der Waals surface area contributed by atoms with Crippen LogP contribution in [0.5, 0.6) is 0 Å². The lowest BCUT2D eigenvalue weighted by atomic mass is 9.98. The van der Waals surface area contributed by atoms with Crippen LogP contribution in [0.4, 0.5) is 5.69 Å². The normalized spacial score (nSPS) is 10.3. The molecule has 0 unspecified atom stereocenters. The molecule has 1 aromatic carbocycles. The van der Waals surface area contributed by atoms with Gasteiger partial charge in [-0.15, -0.1) is 0 Å². The smallest absolute Gasteiger partial charge is 0.340 e. The molecular formula is C14H21NO2. The summed E-state index contributed by atoms with van der Waals surface area (Å²) in [6.07, 6.45) is 2.43. The van der Waals surface area contributed by atoms with Crippen molar-refractivity contribution in [1.82, 2.24) is 0 Å². The third-order valence-corrected chi connectivity index (χ3v) is 2.83. The topological polar surface area (TPSA) is 52.3 Å². The Labute approximate surface area is 103 Å². The molecule has 0 aliphatic carbocycles. The van der Waals surface area contributed by atoms with Gasteiger partial charge in [0.2, 0.25) is 0 Å². The second kappa shape index (κ2) is 6.28. The minimum absolute atomic E-state index is 0.295. The van der Waals surface area contributed by atoms with E-state index >= 15 is 0 Å². The van der Waals surface area contributed by atoms with Crippen molar-refractivity contribution in [1.29, 1.82) is 0 Å². The first-order valence-electron chi connectivity index (χ1n) is 6.22. The lowest BCUT2D eigenvalue weighted by Crippen LogP contribution is -2.13. The monoisotopic (exact) mass is 235 g/mol. The zero-order chi connectivity index (χ0) is 12.8. The molecule has 17 heavy (non-hydrogen) atoms. The zero-order valence-electron chi connectivity index (χ0n) is 10.9. The summed E-state index contributed by atoms with van der Waals surface area (Å²) in [7, 11) is 0. The summed E-state index contributed by atoms with van der Waals surface area (Å²) >= 11 is 0. The van der Waals surface area contributed by atoms with Gasteiger partial charge in [0.1, 0.15) is 0 Å². The van der Waals surface area contributed by atoms with E-state index in [1.165, 1.54) is 0 Å². The van der Waals surface area contributed by atoms with Crippen molar-refractivity contribution in [3.05, 3.63) is 28.8 Å². The van der Waals surface area contributed by atoms with Gasteiger partial charge in [-0.1, -0.05) is 32.9 Å². The Morgan fingerprint density at radius 1 is 1.18 bits per heavy atom. The van der Waals surface area contributed by atoms with E-state index in [4.69, 9.17) is 10.5 Å². The second-order valence-corrected chi connectivity index (χ2v) is 4.02. The molecule has 0 aromatic heterocycles. The largest absolute Gasteiger partial charge is 0.462 e. The highest BCUT2D eigenvalue weighted by Gasteiger charge is 2.17. The Hall–Kier alpha value is -1.51. The number of anilines is 1. The highest BCUT2D eigenvalue weighted by atomic mass is 16.5. The molecule has 3 heteroatoms. The highest BCUT2D eigenvalue weighted by Crippen LogP contribution is 2.24. The van der Waals surface area contributed by atoms with Gasteiger partial charge in [-0.3, -0.25) is 0 Å². The van der Waals surface area contributed by atoms with Crippen molar-refractivity contribution in [2.75, 3.05) is 12.3 Å². The average Bonchev–Trinajstić information content (AvgIpc) is 2.35. The second-order valence-electron chi connectivity index (χ2n) is 4.02. The minimum atomic E-state index is -0.295. The third-order valence-electron chi connectivity index (χ3n) is 2.83. The summed E-state index contributed by atoms with van der Waals surface area (Å²) in [5, 5.41) is 0. The number of esters is 1. The van der Waals surface area contributed by atoms with Crippen LogP contribution in [0.1, 0.15) is 48.7 Å². The molecule has 2 N–H and O–H groups in total. The van der Waals surface area contributed by atoms with Crippen LogP contribution >= 0.6 is 0 Å². The molecule has 1 rings (SSSR count). The Kier molecular flexibility index (Phi) is 5.01. The first-order valence-corrected chi connectivity index (χ1v) is 6.22. The van der Waals surface area contributed by atoms with Crippen LogP contribution in [0.3, 0.4) is 0 Å². The van der Waals surface area contributed by atoms with Gasteiger partial charge >= 0.3 is 5.97 Å². The molecule has 0 atom stereocenters. The molecule has 0 amide bonds. The number of aryl methyl sites for hydroxylation is 2. The molecule has 0 saturated heterocycles. The lowest BCUT2D eigenvalue weighted by Gasteiger charge is -2.13. The molecule has 0 aliphatic rings. The number of nitrogens with two attached hydrogens (primary N) is 1. The molecule has 1 aromatic rings.